The highest BCUT2D eigenvalue weighted by Gasteiger charge is 2.05. The summed E-state index contributed by atoms with van der Waals surface area (Å²) in [4.78, 5) is 2.04. The van der Waals surface area contributed by atoms with Crippen LogP contribution in [0.25, 0.3) is 0 Å². The van der Waals surface area contributed by atoms with Crippen LogP contribution in [0, 0.1) is 0 Å². The van der Waals surface area contributed by atoms with Gasteiger partial charge in [0.15, 0.2) is 0 Å². The van der Waals surface area contributed by atoms with Gasteiger partial charge in [0.25, 0.3) is 0 Å². The van der Waals surface area contributed by atoms with Crippen LogP contribution in [0.3, 0.4) is 0 Å². The molecule has 0 spiro atoms. The van der Waals surface area contributed by atoms with Crippen LogP contribution in [0.15, 0.2) is 42.5 Å². The molecule has 0 saturated carbocycles. The van der Waals surface area contributed by atoms with E-state index in [-0.39, 0.29) is 5.75 Å². The van der Waals surface area contributed by atoms with E-state index in [0.717, 1.165) is 16.9 Å². The first-order valence-corrected chi connectivity index (χ1v) is 6.43. The van der Waals surface area contributed by atoms with Crippen molar-refractivity contribution in [3.63, 3.8) is 0 Å². The Bertz CT molecular complexity index is 553. The Morgan fingerprint density at radius 3 is 2.42 bits per heavy atom. The number of aromatic hydroxyl groups is 1. The molecule has 0 radical (unpaired) electrons. The monoisotopic (exact) mass is 276 g/mol. The van der Waals surface area contributed by atoms with E-state index in [1.165, 1.54) is 0 Å². The highest BCUT2D eigenvalue weighted by molar-refractivity contribution is 6.31. The van der Waals surface area contributed by atoms with Crippen molar-refractivity contribution in [3.05, 3.63) is 53.1 Å². The summed E-state index contributed by atoms with van der Waals surface area (Å²) in [6.45, 7) is 0.682. The molecular weight excluding hydrogens is 260 g/mol. The van der Waals surface area contributed by atoms with Crippen LogP contribution in [0.5, 0.6) is 5.75 Å². The summed E-state index contributed by atoms with van der Waals surface area (Å²) in [5.74, 6) is 0.278. The number of nitrogens with one attached hydrogen (secondary N) is 1. The van der Waals surface area contributed by atoms with Gasteiger partial charge in [0.1, 0.15) is 5.75 Å². The van der Waals surface area contributed by atoms with Gasteiger partial charge in [0.2, 0.25) is 0 Å². The number of hydrogen-bond donors (Lipinski definition) is 2. The Morgan fingerprint density at radius 2 is 1.79 bits per heavy atom. The zero-order valence-corrected chi connectivity index (χ0v) is 11.8. The minimum atomic E-state index is 0.278. The van der Waals surface area contributed by atoms with Crippen molar-refractivity contribution >= 4 is 23.0 Å². The van der Waals surface area contributed by atoms with Crippen LogP contribution in [0.4, 0.5) is 11.4 Å². The number of rotatable bonds is 4. The number of hydrogen-bond acceptors (Lipinski definition) is 3. The third-order valence-electron chi connectivity index (χ3n) is 2.86. The average molecular weight is 277 g/mol. The molecule has 0 bridgehead atoms. The van der Waals surface area contributed by atoms with E-state index in [2.05, 4.69) is 5.32 Å². The van der Waals surface area contributed by atoms with E-state index < -0.39 is 0 Å². The molecule has 0 aliphatic heterocycles. The lowest BCUT2D eigenvalue weighted by Crippen LogP contribution is -2.12. The molecule has 0 aliphatic carbocycles. The van der Waals surface area contributed by atoms with Gasteiger partial charge in [-0.3, -0.25) is 0 Å². The predicted molar refractivity (Wildman–Crippen MR) is 81.2 cm³/mol. The maximum Gasteiger partial charge on any atom is 0.115 e. The van der Waals surface area contributed by atoms with Gasteiger partial charge >= 0.3 is 0 Å². The van der Waals surface area contributed by atoms with E-state index in [1.807, 2.05) is 49.3 Å². The third kappa shape index (κ3) is 3.55. The normalized spacial score (nSPS) is 10.3. The van der Waals surface area contributed by atoms with Crippen LogP contribution in [0.2, 0.25) is 5.02 Å². The highest BCUT2D eigenvalue weighted by Crippen LogP contribution is 2.28. The minimum Gasteiger partial charge on any atom is -0.508 e. The van der Waals surface area contributed by atoms with Gasteiger partial charge in [-0.15, -0.1) is 0 Å². The molecule has 0 amide bonds. The van der Waals surface area contributed by atoms with Crippen LogP contribution in [-0.4, -0.2) is 19.2 Å². The Labute approximate surface area is 118 Å². The highest BCUT2D eigenvalue weighted by atomic mass is 35.5. The van der Waals surface area contributed by atoms with Crippen LogP contribution in [-0.2, 0) is 6.54 Å². The van der Waals surface area contributed by atoms with Crippen molar-refractivity contribution in [2.75, 3.05) is 24.3 Å². The lowest BCUT2D eigenvalue weighted by Gasteiger charge is -2.19. The fourth-order valence-electron chi connectivity index (χ4n) is 1.85. The van der Waals surface area contributed by atoms with Crippen molar-refractivity contribution in [2.24, 2.45) is 0 Å². The molecular formula is C15H17ClN2O. The van der Waals surface area contributed by atoms with Gasteiger partial charge < -0.3 is 15.3 Å². The molecule has 0 unspecified atom stereocenters. The summed E-state index contributed by atoms with van der Waals surface area (Å²) in [6.07, 6.45) is 0. The van der Waals surface area contributed by atoms with Gasteiger partial charge in [0, 0.05) is 25.7 Å². The summed E-state index contributed by atoms with van der Waals surface area (Å²) in [5, 5.41) is 13.3. The first-order valence-electron chi connectivity index (χ1n) is 6.05. The summed E-state index contributed by atoms with van der Waals surface area (Å²) < 4.78 is 0. The van der Waals surface area contributed by atoms with E-state index >= 15 is 0 Å². The molecule has 0 fully saturated rings. The molecule has 19 heavy (non-hydrogen) atoms. The maximum atomic E-state index is 9.25. The standard InChI is InChI=1S/C15H17ClN2O/c1-18(2)15-8-5-12(16)9-14(15)17-10-11-3-6-13(19)7-4-11/h3-9,17,19H,10H2,1-2H3. The molecule has 0 atom stereocenters. The third-order valence-corrected chi connectivity index (χ3v) is 3.09. The molecule has 2 rings (SSSR count). The number of phenols is 1. The lowest BCUT2D eigenvalue weighted by atomic mass is 10.2. The topological polar surface area (TPSA) is 35.5 Å². The maximum absolute atomic E-state index is 9.25. The molecule has 3 nitrogen and oxygen atoms in total. The van der Waals surface area contributed by atoms with Crippen molar-refractivity contribution in [2.45, 2.75) is 6.54 Å². The zero-order chi connectivity index (χ0) is 13.8. The fraction of sp³-hybridized carbons (Fsp3) is 0.200. The fourth-order valence-corrected chi connectivity index (χ4v) is 2.02. The number of benzene rings is 2. The molecule has 0 heterocycles. The van der Waals surface area contributed by atoms with Crippen molar-refractivity contribution in [3.8, 4) is 5.75 Å². The number of halogens is 1. The summed E-state index contributed by atoms with van der Waals surface area (Å²) >= 11 is 6.03. The molecule has 0 aliphatic rings. The molecule has 0 aromatic heterocycles. The van der Waals surface area contributed by atoms with E-state index in [9.17, 15) is 5.11 Å². The van der Waals surface area contributed by atoms with Crippen molar-refractivity contribution in [1.29, 1.82) is 0 Å². The first-order chi connectivity index (χ1) is 9.06. The molecule has 4 heteroatoms. The number of phenolic OH excluding ortho intramolecular Hbond substituents is 1. The van der Waals surface area contributed by atoms with E-state index in [1.54, 1.807) is 12.1 Å². The summed E-state index contributed by atoms with van der Waals surface area (Å²) in [6, 6.07) is 12.9. The second-order valence-corrected chi connectivity index (χ2v) is 5.01. The van der Waals surface area contributed by atoms with Crippen LogP contribution in [0.1, 0.15) is 5.56 Å². The smallest absolute Gasteiger partial charge is 0.115 e. The Balaban J connectivity index is 2.14. The Morgan fingerprint density at radius 1 is 1.11 bits per heavy atom. The Hall–Kier alpha value is -1.87. The van der Waals surface area contributed by atoms with Gasteiger partial charge in [0.05, 0.1) is 11.4 Å². The minimum absolute atomic E-state index is 0.278. The SMILES string of the molecule is CN(C)c1ccc(Cl)cc1NCc1ccc(O)cc1. The molecule has 2 aromatic rings. The van der Waals surface area contributed by atoms with Gasteiger partial charge in [-0.25, -0.2) is 0 Å². The summed E-state index contributed by atoms with van der Waals surface area (Å²) in [7, 11) is 3.99. The van der Waals surface area contributed by atoms with Gasteiger partial charge in [-0.1, -0.05) is 23.7 Å². The molecule has 2 N–H and O–H groups in total. The largest absolute Gasteiger partial charge is 0.508 e. The van der Waals surface area contributed by atoms with Crippen LogP contribution >= 0.6 is 11.6 Å². The van der Waals surface area contributed by atoms with E-state index in [4.69, 9.17) is 11.6 Å². The van der Waals surface area contributed by atoms with Crippen LogP contribution < -0.4 is 10.2 Å². The van der Waals surface area contributed by atoms with Gasteiger partial charge in [-0.2, -0.15) is 0 Å². The number of anilines is 2. The quantitative estimate of drug-likeness (QED) is 0.893. The van der Waals surface area contributed by atoms with Crippen molar-refractivity contribution in [1.82, 2.24) is 0 Å². The van der Waals surface area contributed by atoms with Gasteiger partial charge in [-0.05, 0) is 35.9 Å². The second-order valence-electron chi connectivity index (χ2n) is 4.58. The summed E-state index contributed by atoms with van der Waals surface area (Å²) in [5.41, 5.74) is 3.18. The molecule has 2 aromatic carbocycles. The van der Waals surface area contributed by atoms with Crippen molar-refractivity contribution < 1.29 is 5.11 Å². The molecule has 100 valence electrons. The first kappa shape index (κ1) is 13.6. The molecule has 0 saturated heterocycles. The zero-order valence-electron chi connectivity index (χ0n) is 11.0. The second kappa shape index (κ2) is 5.85. The Kier molecular flexibility index (Phi) is 4.17. The number of nitrogens with zero attached hydrogens (tertiary/aromatic N) is 1. The van der Waals surface area contributed by atoms with E-state index in [0.29, 0.717) is 11.6 Å². The predicted octanol–water partition coefficient (Wildman–Crippen LogP) is 3.72. The average Bonchev–Trinajstić information content (AvgIpc) is 2.38. The lowest BCUT2D eigenvalue weighted by molar-refractivity contribution is 0.475.